The average molecular weight is 513 g/mol. The van der Waals surface area contributed by atoms with Crippen LogP contribution in [0.5, 0.6) is 0 Å². The monoisotopic (exact) mass is 513 g/mol. The van der Waals surface area contributed by atoms with Crippen molar-refractivity contribution in [2.24, 2.45) is 0 Å². The van der Waals surface area contributed by atoms with E-state index in [1.54, 1.807) is 0 Å². The van der Waals surface area contributed by atoms with Crippen molar-refractivity contribution in [3.05, 3.63) is 77.2 Å². The number of anilines is 1. The van der Waals surface area contributed by atoms with Gasteiger partial charge in [0.1, 0.15) is 6.07 Å². The molecule has 2 aromatic heterocycles. The quantitative estimate of drug-likeness (QED) is 0.293. The molecule has 0 saturated heterocycles. The van der Waals surface area contributed by atoms with E-state index in [-0.39, 0.29) is 41.0 Å². The maximum absolute atomic E-state index is 13.3. The third kappa shape index (κ3) is 5.22. The van der Waals surface area contributed by atoms with Crippen molar-refractivity contribution in [3.63, 3.8) is 0 Å². The summed E-state index contributed by atoms with van der Waals surface area (Å²) >= 11 is 0. The predicted molar refractivity (Wildman–Crippen MR) is 126 cm³/mol. The van der Waals surface area contributed by atoms with Crippen LogP contribution in [0.25, 0.3) is 0 Å². The number of alkyl halides is 3. The number of nitrogens with one attached hydrogen (secondary N) is 1. The molecule has 2 heterocycles. The number of hydrogen-bond acceptors (Lipinski definition) is 7. The zero-order valence-corrected chi connectivity index (χ0v) is 19.9. The largest absolute Gasteiger partial charge is 0.398 e. The second kappa shape index (κ2) is 9.97. The zero-order valence-electron chi connectivity index (χ0n) is 19.9. The van der Waals surface area contributed by atoms with E-state index in [4.69, 9.17) is 13.1 Å². The number of benzene rings is 1. The van der Waals surface area contributed by atoms with Gasteiger partial charge in [0.15, 0.2) is 19.3 Å². The van der Waals surface area contributed by atoms with Gasteiger partial charge >= 0.3 is 6.18 Å². The van der Waals surface area contributed by atoms with E-state index in [0.29, 0.717) is 0 Å². The summed E-state index contributed by atoms with van der Waals surface area (Å²) in [6, 6.07) is 10.0. The van der Waals surface area contributed by atoms with Crippen molar-refractivity contribution < 1.29 is 33.3 Å². The zero-order chi connectivity index (χ0) is 27.6. The van der Waals surface area contributed by atoms with E-state index >= 15 is 0 Å². The summed E-state index contributed by atoms with van der Waals surface area (Å²) < 4.78 is 40.7. The molecule has 2 radical (unpaired) electrons. The standard InChI is InChI=1S/C22H17BF3N5O4.C2H6/c23-21(35,16-6-1-13(11-27)12-28-16)31-10-7-17(30-31)29-18(32)20(33,34)15-4-2-14(3-5-15)19(8-9-19)22(24,25)26;1-2/h1-7,10,12,33-35H,8-9H2,(H,29,30,32);1-2H3. The fraction of sp³-hybridized carbons (Fsp3) is 0.333. The molecule has 1 fully saturated rings. The summed E-state index contributed by atoms with van der Waals surface area (Å²) in [5.41, 5.74) is -4.42. The van der Waals surface area contributed by atoms with Crippen LogP contribution in [0.1, 0.15) is 49.1 Å². The van der Waals surface area contributed by atoms with E-state index in [1.165, 1.54) is 30.6 Å². The molecule has 1 amide bonds. The maximum atomic E-state index is 13.3. The highest BCUT2D eigenvalue weighted by Crippen LogP contribution is 2.58. The van der Waals surface area contributed by atoms with Crippen LogP contribution in [-0.2, 0) is 21.6 Å². The lowest BCUT2D eigenvalue weighted by molar-refractivity contribution is -0.184. The first-order chi connectivity index (χ1) is 17.3. The molecule has 1 aliphatic rings. The molecule has 4 N–H and O–H groups in total. The van der Waals surface area contributed by atoms with Gasteiger partial charge in [0, 0.05) is 24.0 Å². The summed E-state index contributed by atoms with van der Waals surface area (Å²) in [5.74, 6) is -4.65. The van der Waals surface area contributed by atoms with Crippen LogP contribution in [0, 0.1) is 11.3 Å². The molecule has 0 aliphatic heterocycles. The Hall–Kier alpha value is -3.73. The number of rotatable bonds is 6. The van der Waals surface area contributed by atoms with Crippen molar-refractivity contribution in [2.45, 2.75) is 49.7 Å². The third-order valence-electron chi connectivity index (χ3n) is 5.90. The SMILES string of the molecule is CC.[B]C(O)(c1ccc(C#N)cn1)n1ccc(NC(=O)C(O)(O)c2ccc(C3(C(F)(F)F)CC3)cc2)n1. The number of halogens is 3. The molecule has 0 spiro atoms. The van der Waals surface area contributed by atoms with E-state index in [1.807, 2.05) is 19.9 Å². The molecule has 3 aromatic rings. The fourth-order valence-electron chi connectivity index (χ4n) is 3.59. The lowest BCUT2D eigenvalue weighted by atomic mass is 9.87. The molecule has 1 atom stereocenters. The number of hydrogen-bond donors (Lipinski definition) is 4. The normalized spacial score (nSPS) is 16.0. The topological polar surface area (TPSA) is 144 Å². The Labute approximate surface area is 211 Å². The maximum Gasteiger partial charge on any atom is 0.398 e. The van der Waals surface area contributed by atoms with Gasteiger partial charge in [-0.1, -0.05) is 38.1 Å². The van der Waals surface area contributed by atoms with Gasteiger partial charge in [-0.2, -0.15) is 23.5 Å². The molecule has 1 saturated carbocycles. The molecule has 1 aliphatic carbocycles. The first kappa shape index (κ1) is 27.9. The van der Waals surface area contributed by atoms with Crippen molar-refractivity contribution in [1.29, 1.82) is 5.26 Å². The minimum atomic E-state index is -4.43. The van der Waals surface area contributed by atoms with Crippen molar-refractivity contribution in [2.75, 3.05) is 5.32 Å². The van der Waals surface area contributed by atoms with Gasteiger partial charge in [-0.3, -0.25) is 9.78 Å². The lowest BCUT2D eigenvalue weighted by Crippen LogP contribution is -2.40. The van der Waals surface area contributed by atoms with E-state index in [9.17, 15) is 33.3 Å². The highest BCUT2D eigenvalue weighted by Gasteiger charge is 2.64. The van der Waals surface area contributed by atoms with Gasteiger partial charge in [0.2, 0.25) is 0 Å². The summed E-state index contributed by atoms with van der Waals surface area (Å²) in [6.45, 7) is 4.00. The second-order valence-electron chi connectivity index (χ2n) is 8.20. The number of amides is 1. The highest BCUT2D eigenvalue weighted by atomic mass is 19.4. The van der Waals surface area contributed by atoms with E-state index in [2.05, 4.69) is 15.4 Å². The third-order valence-corrected chi connectivity index (χ3v) is 5.90. The molecule has 13 heteroatoms. The Morgan fingerprint density at radius 3 is 2.22 bits per heavy atom. The van der Waals surface area contributed by atoms with Crippen LogP contribution in [0.3, 0.4) is 0 Å². The van der Waals surface area contributed by atoms with Crippen molar-refractivity contribution in [3.8, 4) is 6.07 Å². The van der Waals surface area contributed by atoms with Crippen LogP contribution in [0.15, 0.2) is 54.9 Å². The van der Waals surface area contributed by atoms with Gasteiger partial charge in [-0.05, 0) is 30.5 Å². The first-order valence-electron chi connectivity index (χ1n) is 11.2. The number of carbonyl (C=O) groups is 1. The van der Waals surface area contributed by atoms with Gasteiger partial charge in [0.25, 0.3) is 11.7 Å². The smallest absolute Gasteiger partial charge is 0.373 e. The van der Waals surface area contributed by atoms with Crippen LogP contribution < -0.4 is 5.32 Å². The van der Waals surface area contributed by atoms with Gasteiger partial charge in [-0.15, -0.1) is 0 Å². The minimum absolute atomic E-state index is 0.0256. The van der Waals surface area contributed by atoms with Gasteiger partial charge < -0.3 is 20.6 Å². The first-order valence-corrected chi connectivity index (χ1v) is 11.2. The molecule has 1 unspecified atom stereocenters. The molecule has 0 bridgehead atoms. The lowest BCUT2D eigenvalue weighted by Gasteiger charge is -2.24. The molecular formula is C24H23BF3N5O4. The molecule has 9 nitrogen and oxygen atoms in total. The molecular weight excluding hydrogens is 490 g/mol. The van der Waals surface area contributed by atoms with Crippen LogP contribution in [-0.4, -0.2) is 50.0 Å². The van der Waals surface area contributed by atoms with E-state index in [0.717, 1.165) is 28.9 Å². The number of aromatic nitrogens is 3. The Balaban J connectivity index is 0.00000186. The summed E-state index contributed by atoms with van der Waals surface area (Å²) in [6.07, 6.45) is -2.18. The second-order valence-corrected chi connectivity index (χ2v) is 8.20. The highest BCUT2D eigenvalue weighted by molar-refractivity contribution is 6.14. The molecule has 37 heavy (non-hydrogen) atoms. The van der Waals surface area contributed by atoms with Crippen LogP contribution in [0.4, 0.5) is 19.0 Å². The Morgan fingerprint density at radius 2 is 1.73 bits per heavy atom. The summed E-state index contributed by atoms with van der Waals surface area (Å²) in [7, 11) is 5.88. The number of carbonyl (C=O) groups excluding carboxylic acids is 1. The Morgan fingerprint density at radius 1 is 1.11 bits per heavy atom. The number of pyridine rings is 1. The Kier molecular flexibility index (Phi) is 7.50. The molecule has 4 rings (SSSR count). The molecule has 192 valence electrons. The summed E-state index contributed by atoms with van der Waals surface area (Å²) in [5, 5.41) is 46.2. The number of aliphatic hydroxyl groups is 3. The van der Waals surface area contributed by atoms with Crippen LogP contribution in [0.2, 0.25) is 0 Å². The number of nitriles is 1. The van der Waals surface area contributed by atoms with Crippen LogP contribution >= 0.6 is 0 Å². The fourth-order valence-corrected chi connectivity index (χ4v) is 3.59. The number of nitrogens with zero attached hydrogens (tertiary/aromatic N) is 4. The van der Waals surface area contributed by atoms with Crippen molar-refractivity contribution in [1.82, 2.24) is 14.8 Å². The molecule has 1 aromatic carbocycles. The summed E-state index contributed by atoms with van der Waals surface area (Å²) in [4.78, 5) is 16.4. The Bertz CT molecular complexity index is 1300. The van der Waals surface area contributed by atoms with Gasteiger partial charge in [0.05, 0.1) is 16.7 Å². The van der Waals surface area contributed by atoms with Gasteiger partial charge in [-0.25, -0.2) is 4.68 Å². The average Bonchev–Trinajstić information content (AvgIpc) is 3.58. The van der Waals surface area contributed by atoms with Crippen molar-refractivity contribution >= 4 is 19.6 Å². The predicted octanol–water partition coefficient (Wildman–Crippen LogP) is 2.37. The minimum Gasteiger partial charge on any atom is -0.373 e. The van der Waals surface area contributed by atoms with E-state index < -0.39 is 28.9 Å².